The van der Waals surface area contributed by atoms with Crippen molar-refractivity contribution in [3.05, 3.63) is 35.9 Å². The fourth-order valence-corrected chi connectivity index (χ4v) is 11.4. The lowest BCUT2D eigenvalue weighted by Gasteiger charge is -2.61. The van der Waals surface area contributed by atoms with Gasteiger partial charge in [0.25, 0.3) is 0 Å². The Balaban J connectivity index is 1.24. The van der Waals surface area contributed by atoms with Crippen molar-refractivity contribution in [2.45, 2.75) is 130 Å². The third-order valence-electron chi connectivity index (χ3n) is 13.1. The molecule has 10 atom stereocenters. The zero-order chi connectivity index (χ0) is 28.2. The molecule has 1 unspecified atom stereocenters. The Morgan fingerprint density at radius 3 is 2.33 bits per heavy atom. The molecule has 220 valence electrons. The molecule has 0 bridgehead atoms. The predicted octanol–water partition coefficient (Wildman–Crippen LogP) is 8.86. The standard InChI is InChI=1S/C35H58O3Si/c1-24(22-37-23-25-12-10-9-11-13-25)32-31(36)21-30-28-15-14-26-20-27(38-39(7,8)33(2,3)4)16-18-34(26,5)29(28)17-19-35(30,32)6/h9-13,24,26-32,36H,14-23H2,1-8H3/t24-,26?,27+,28-,29+,30+,31+,32+,34+,35+/m1/s1. The second kappa shape index (κ2) is 10.9. The Morgan fingerprint density at radius 2 is 1.64 bits per heavy atom. The Bertz CT molecular complexity index is 972. The largest absolute Gasteiger partial charge is 0.414 e. The topological polar surface area (TPSA) is 38.7 Å². The van der Waals surface area contributed by atoms with Gasteiger partial charge >= 0.3 is 0 Å². The molecule has 0 spiro atoms. The summed E-state index contributed by atoms with van der Waals surface area (Å²) in [6, 6.07) is 10.5. The third kappa shape index (κ3) is 5.46. The minimum Gasteiger partial charge on any atom is -0.414 e. The highest BCUT2D eigenvalue weighted by Crippen LogP contribution is 2.68. The normalized spacial score (nSPS) is 41.4. The molecule has 0 amide bonds. The van der Waals surface area contributed by atoms with Crippen LogP contribution in [0.5, 0.6) is 0 Å². The van der Waals surface area contributed by atoms with Crippen molar-refractivity contribution in [3.63, 3.8) is 0 Å². The first-order valence-corrected chi connectivity index (χ1v) is 19.1. The summed E-state index contributed by atoms with van der Waals surface area (Å²) in [6.45, 7) is 20.9. The molecule has 39 heavy (non-hydrogen) atoms. The number of hydrogen-bond acceptors (Lipinski definition) is 3. The second-order valence-electron chi connectivity index (χ2n) is 16.3. The molecule has 0 aromatic heterocycles. The van der Waals surface area contributed by atoms with E-state index in [2.05, 4.69) is 85.0 Å². The first kappa shape index (κ1) is 29.8. The molecule has 0 saturated heterocycles. The zero-order valence-corrected chi connectivity index (χ0v) is 27.3. The quantitative estimate of drug-likeness (QED) is 0.342. The van der Waals surface area contributed by atoms with Crippen LogP contribution in [0, 0.1) is 46.3 Å². The highest BCUT2D eigenvalue weighted by molar-refractivity contribution is 6.74. The van der Waals surface area contributed by atoms with Gasteiger partial charge in [0.05, 0.1) is 12.7 Å². The van der Waals surface area contributed by atoms with E-state index < -0.39 is 8.32 Å². The van der Waals surface area contributed by atoms with E-state index in [-0.39, 0.29) is 16.6 Å². The van der Waals surface area contributed by atoms with E-state index in [4.69, 9.17) is 9.16 Å². The minimum atomic E-state index is -1.73. The van der Waals surface area contributed by atoms with Gasteiger partial charge in [-0.3, -0.25) is 0 Å². The number of benzene rings is 1. The predicted molar refractivity (Wildman–Crippen MR) is 164 cm³/mol. The van der Waals surface area contributed by atoms with Crippen molar-refractivity contribution in [1.29, 1.82) is 0 Å². The van der Waals surface area contributed by atoms with Gasteiger partial charge in [-0.1, -0.05) is 71.9 Å². The Morgan fingerprint density at radius 1 is 0.949 bits per heavy atom. The second-order valence-corrected chi connectivity index (χ2v) is 21.0. The number of ether oxygens (including phenoxy) is 1. The summed E-state index contributed by atoms with van der Waals surface area (Å²) >= 11 is 0. The van der Waals surface area contributed by atoms with E-state index in [1.165, 1.54) is 50.5 Å². The highest BCUT2D eigenvalue weighted by atomic mass is 28.4. The van der Waals surface area contributed by atoms with E-state index in [0.717, 1.165) is 30.8 Å². The summed E-state index contributed by atoms with van der Waals surface area (Å²) in [4.78, 5) is 0. The molecule has 0 heterocycles. The van der Waals surface area contributed by atoms with Gasteiger partial charge in [0.15, 0.2) is 8.32 Å². The van der Waals surface area contributed by atoms with Gasteiger partial charge in [-0.05, 0) is 121 Å². The SMILES string of the molecule is C[C@H](COCc1ccccc1)[C@H]1[C@@H](O)C[C@H]2[C@@H]3CCC4C[C@@H](O[Si](C)(C)C(C)(C)C)CC[C@]4(C)[C@H]3CC[C@]12C. The van der Waals surface area contributed by atoms with Gasteiger partial charge in [-0.25, -0.2) is 0 Å². The van der Waals surface area contributed by atoms with Crippen molar-refractivity contribution in [3.8, 4) is 0 Å². The molecule has 0 aliphatic heterocycles. The summed E-state index contributed by atoms with van der Waals surface area (Å²) in [5.74, 6) is 3.79. The molecule has 3 nitrogen and oxygen atoms in total. The monoisotopic (exact) mass is 554 g/mol. The van der Waals surface area contributed by atoms with E-state index in [1.807, 2.05) is 0 Å². The molecule has 1 aromatic carbocycles. The van der Waals surface area contributed by atoms with Crippen LogP contribution in [0.1, 0.15) is 98.5 Å². The Labute approximate surface area is 241 Å². The van der Waals surface area contributed by atoms with Crippen molar-refractivity contribution >= 4 is 8.32 Å². The lowest BCUT2D eigenvalue weighted by atomic mass is 9.44. The lowest BCUT2D eigenvalue weighted by Crippen LogP contribution is -2.55. The smallest absolute Gasteiger partial charge is 0.192 e. The number of aliphatic hydroxyl groups is 1. The number of fused-ring (bicyclic) bond motifs is 5. The van der Waals surface area contributed by atoms with Gasteiger partial charge in [0.2, 0.25) is 0 Å². The van der Waals surface area contributed by atoms with Crippen LogP contribution in [0.2, 0.25) is 18.1 Å². The number of rotatable bonds is 7. The molecule has 5 rings (SSSR count). The van der Waals surface area contributed by atoms with Crippen LogP contribution < -0.4 is 0 Å². The van der Waals surface area contributed by atoms with Crippen molar-refractivity contribution in [2.24, 2.45) is 46.3 Å². The zero-order valence-electron chi connectivity index (χ0n) is 26.3. The van der Waals surface area contributed by atoms with Crippen LogP contribution in [0.25, 0.3) is 0 Å². The van der Waals surface area contributed by atoms with Gasteiger partial charge in [0, 0.05) is 12.7 Å². The van der Waals surface area contributed by atoms with E-state index in [0.29, 0.717) is 35.9 Å². The van der Waals surface area contributed by atoms with Crippen LogP contribution in [0.15, 0.2) is 30.3 Å². The third-order valence-corrected chi connectivity index (χ3v) is 17.6. The summed E-state index contributed by atoms with van der Waals surface area (Å²) in [6.07, 6.45) is 10.5. The van der Waals surface area contributed by atoms with Crippen molar-refractivity contribution in [1.82, 2.24) is 0 Å². The molecular formula is C35H58O3Si. The van der Waals surface area contributed by atoms with Crippen LogP contribution >= 0.6 is 0 Å². The maximum absolute atomic E-state index is 11.5. The maximum atomic E-state index is 11.5. The van der Waals surface area contributed by atoms with Crippen LogP contribution in [-0.2, 0) is 15.8 Å². The van der Waals surface area contributed by atoms with E-state index >= 15 is 0 Å². The van der Waals surface area contributed by atoms with Crippen molar-refractivity contribution < 1.29 is 14.3 Å². The first-order valence-electron chi connectivity index (χ1n) is 16.2. The summed E-state index contributed by atoms with van der Waals surface area (Å²) in [5, 5.41) is 11.8. The van der Waals surface area contributed by atoms with E-state index in [1.54, 1.807) is 0 Å². The molecule has 4 aliphatic carbocycles. The molecule has 4 saturated carbocycles. The van der Waals surface area contributed by atoms with E-state index in [9.17, 15) is 5.11 Å². The summed E-state index contributed by atoms with van der Waals surface area (Å²) in [5.41, 5.74) is 1.92. The fraction of sp³-hybridized carbons (Fsp3) is 0.829. The number of aliphatic hydroxyl groups excluding tert-OH is 1. The first-order chi connectivity index (χ1) is 18.3. The Kier molecular flexibility index (Phi) is 8.30. The summed E-state index contributed by atoms with van der Waals surface area (Å²) < 4.78 is 13.2. The van der Waals surface area contributed by atoms with Crippen molar-refractivity contribution in [2.75, 3.05) is 6.61 Å². The number of hydrogen-bond donors (Lipinski definition) is 1. The maximum Gasteiger partial charge on any atom is 0.192 e. The molecule has 4 aliphatic rings. The van der Waals surface area contributed by atoms with Gasteiger partial charge in [0.1, 0.15) is 0 Å². The average Bonchev–Trinajstić information content (AvgIpc) is 3.14. The minimum absolute atomic E-state index is 0.187. The molecule has 0 radical (unpaired) electrons. The molecule has 4 fully saturated rings. The van der Waals surface area contributed by atoms with Crippen LogP contribution in [0.3, 0.4) is 0 Å². The van der Waals surface area contributed by atoms with Crippen LogP contribution in [-0.4, -0.2) is 32.2 Å². The lowest BCUT2D eigenvalue weighted by molar-refractivity contribution is -0.130. The molecule has 4 heteroatoms. The van der Waals surface area contributed by atoms with Gasteiger partial charge in [-0.15, -0.1) is 0 Å². The van der Waals surface area contributed by atoms with Gasteiger partial charge in [-0.2, -0.15) is 0 Å². The molecule has 1 N–H and O–H groups in total. The highest BCUT2D eigenvalue weighted by Gasteiger charge is 2.63. The van der Waals surface area contributed by atoms with Crippen LogP contribution in [0.4, 0.5) is 0 Å². The van der Waals surface area contributed by atoms with Gasteiger partial charge < -0.3 is 14.3 Å². The average molecular weight is 555 g/mol. The summed E-state index contributed by atoms with van der Waals surface area (Å²) in [7, 11) is -1.73. The fourth-order valence-electron chi connectivity index (χ4n) is 10.0. The Hall–Kier alpha value is -0.683. The molecular weight excluding hydrogens is 496 g/mol. The molecule has 1 aromatic rings.